The van der Waals surface area contributed by atoms with Gasteiger partial charge in [-0.1, -0.05) is 18.1 Å². The Morgan fingerprint density at radius 2 is 2.00 bits per heavy atom. The van der Waals surface area contributed by atoms with Crippen molar-refractivity contribution < 1.29 is 19.1 Å². The molecule has 0 N–H and O–H groups in total. The van der Waals surface area contributed by atoms with E-state index >= 15 is 0 Å². The van der Waals surface area contributed by atoms with Crippen LogP contribution in [-0.2, 0) is 20.7 Å². The number of hydrogen-bond donors (Lipinski definition) is 0. The molecule has 0 radical (unpaired) electrons. The van der Waals surface area contributed by atoms with Gasteiger partial charge in [0.15, 0.2) is 0 Å². The summed E-state index contributed by atoms with van der Waals surface area (Å²) in [6, 6.07) is 5.98. The van der Waals surface area contributed by atoms with Crippen LogP contribution >= 0.6 is 0 Å². The molecule has 0 amide bonds. The minimum Gasteiger partial charge on any atom is -0.428 e. The summed E-state index contributed by atoms with van der Waals surface area (Å²) in [6.45, 7) is 2.58. The van der Waals surface area contributed by atoms with E-state index in [1.807, 2.05) is 39.3 Å². The number of carbonyl (C=O) groups is 2. The van der Waals surface area contributed by atoms with Crippen molar-refractivity contribution in [2.75, 3.05) is 27.4 Å². The molecule has 1 saturated carbocycles. The lowest BCUT2D eigenvalue weighted by Gasteiger charge is -2.22. The summed E-state index contributed by atoms with van der Waals surface area (Å²) in [7, 11) is 4.05. The number of hydrogen-bond acceptors (Lipinski definition) is 5. The Bertz CT molecular complexity index is 805. The van der Waals surface area contributed by atoms with Crippen molar-refractivity contribution in [3.05, 3.63) is 35.5 Å². The van der Waals surface area contributed by atoms with E-state index in [9.17, 15) is 9.59 Å². The minimum absolute atomic E-state index is 0.0262. The number of benzene rings is 1. The highest BCUT2D eigenvalue weighted by Crippen LogP contribution is 2.27. The van der Waals surface area contributed by atoms with E-state index in [-0.39, 0.29) is 18.7 Å². The van der Waals surface area contributed by atoms with Gasteiger partial charge in [0.2, 0.25) is 6.79 Å². The topological polar surface area (TPSA) is 60.8 Å². The Balaban J connectivity index is 1.71. The van der Waals surface area contributed by atoms with E-state index in [0.29, 0.717) is 0 Å². The summed E-state index contributed by atoms with van der Waals surface area (Å²) in [6.07, 6.45) is 4.92. The molecule has 1 aromatic carbocycles. The van der Waals surface area contributed by atoms with E-state index in [2.05, 4.69) is 11.0 Å². The summed E-state index contributed by atoms with van der Waals surface area (Å²) in [5, 5.41) is 1.05. The van der Waals surface area contributed by atoms with E-state index in [4.69, 9.17) is 9.47 Å². The molecule has 0 aliphatic heterocycles. The first-order valence-corrected chi connectivity index (χ1v) is 9.05. The largest absolute Gasteiger partial charge is 0.428 e. The Kier molecular flexibility index (Phi) is 5.61. The van der Waals surface area contributed by atoms with Crippen molar-refractivity contribution in [2.45, 2.75) is 32.6 Å². The molecular formula is C20H26N2O4. The SMILES string of the molecule is Cc1ccc2c(c1)c(CCN(C)C)cn2C(=O)OCOC(=O)C1CCC1. The van der Waals surface area contributed by atoms with Gasteiger partial charge in [-0.25, -0.2) is 4.79 Å². The number of fused-ring (bicyclic) bond motifs is 1. The molecular weight excluding hydrogens is 332 g/mol. The summed E-state index contributed by atoms with van der Waals surface area (Å²) in [4.78, 5) is 26.3. The Morgan fingerprint density at radius 1 is 1.23 bits per heavy atom. The molecule has 1 aromatic heterocycles. The molecule has 140 valence electrons. The predicted octanol–water partition coefficient (Wildman–Crippen LogP) is 3.34. The zero-order chi connectivity index (χ0) is 18.7. The maximum Gasteiger partial charge on any atom is 0.421 e. The molecule has 0 bridgehead atoms. The molecule has 0 saturated heterocycles. The zero-order valence-corrected chi connectivity index (χ0v) is 15.7. The van der Waals surface area contributed by atoms with Gasteiger partial charge in [-0.3, -0.25) is 9.36 Å². The molecule has 6 heteroatoms. The monoisotopic (exact) mass is 358 g/mol. The Morgan fingerprint density at radius 3 is 2.65 bits per heavy atom. The van der Waals surface area contributed by atoms with Crippen molar-refractivity contribution in [1.82, 2.24) is 9.47 Å². The highest BCUT2D eigenvalue weighted by Gasteiger charge is 2.27. The smallest absolute Gasteiger partial charge is 0.421 e. The van der Waals surface area contributed by atoms with Crippen LogP contribution in [0, 0.1) is 12.8 Å². The first-order chi connectivity index (χ1) is 12.5. The molecule has 6 nitrogen and oxygen atoms in total. The zero-order valence-electron chi connectivity index (χ0n) is 15.7. The van der Waals surface area contributed by atoms with E-state index in [0.717, 1.165) is 54.3 Å². The van der Waals surface area contributed by atoms with Crippen LogP contribution < -0.4 is 0 Å². The van der Waals surface area contributed by atoms with E-state index in [1.54, 1.807) is 0 Å². The second kappa shape index (κ2) is 7.91. The standard InChI is InChI=1S/C20H26N2O4/c1-14-7-8-18-17(11-14)16(9-10-21(2)3)12-22(18)20(24)26-13-25-19(23)15-5-4-6-15/h7-8,11-12,15H,4-6,9-10,13H2,1-3H3. The van der Waals surface area contributed by atoms with Crippen LogP contribution in [-0.4, -0.2) is 49.0 Å². The summed E-state index contributed by atoms with van der Waals surface area (Å²) in [5.74, 6) is -0.301. The number of rotatable bonds is 6. The van der Waals surface area contributed by atoms with Gasteiger partial charge in [-0.2, -0.15) is 0 Å². The number of nitrogens with zero attached hydrogens (tertiary/aromatic N) is 2. The number of ether oxygens (including phenoxy) is 2. The molecule has 0 unspecified atom stereocenters. The second-order valence-corrected chi connectivity index (χ2v) is 7.22. The quantitative estimate of drug-likeness (QED) is 0.585. The lowest BCUT2D eigenvalue weighted by Crippen LogP contribution is -2.26. The molecule has 2 aromatic rings. The van der Waals surface area contributed by atoms with Crippen LogP contribution in [0.1, 0.15) is 30.4 Å². The van der Waals surface area contributed by atoms with Crippen molar-refractivity contribution in [3.8, 4) is 0 Å². The van der Waals surface area contributed by atoms with Gasteiger partial charge >= 0.3 is 12.1 Å². The molecule has 1 heterocycles. The number of carbonyl (C=O) groups excluding carboxylic acids is 2. The van der Waals surface area contributed by atoms with Crippen LogP contribution in [0.2, 0.25) is 0 Å². The van der Waals surface area contributed by atoms with Gasteiger partial charge < -0.3 is 14.4 Å². The third kappa shape index (κ3) is 4.07. The van der Waals surface area contributed by atoms with Crippen molar-refractivity contribution in [3.63, 3.8) is 0 Å². The molecule has 26 heavy (non-hydrogen) atoms. The Labute approximate surface area is 153 Å². The van der Waals surface area contributed by atoms with Gasteiger partial charge in [0.25, 0.3) is 0 Å². The summed E-state index contributed by atoms with van der Waals surface area (Å²) >= 11 is 0. The van der Waals surface area contributed by atoms with Crippen LogP contribution in [0.4, 0.5) is 4.79 Å². The van der Waals surface area contributed by atoms with E-state index < -0.39 is 6.09 Å². The van der Waals surface area contributed by atoms with Gasteiger partial charge in [0.1, 0.15) is 0 Å². The minimum atomic E-state index is -0.531. The third-order valence-electron chi connectivity index (χ3n) is 4.89. The fraction of sp³-hybridized carbons (Fsp3) is 0.500. The first kappa shape index (κ1) is 18.5. The summed E-state index contributed by atoms with van der Waals surface area (Å²) < 4.78 is 11.7. The van der Waals surface area contributed by atoms with Crippen LogP contribution in [0.3, 0.4) is 0 Å². The summed E-state index contributed by atoms with van der Waals surface area (Å²) in [5.41, 5.74) is 3.05. The van der Waals surface area contributed by atoms with Crippen molar-refractivity contribution in [2.24, 2.45) is 5.92 Å². The average Bonchev–Trinajstić information content (AvgIpc) is 2.89. The number of aromatic nitrogens is 1. The van der Waals surface area contributed by atoms with E-state index in [1.165, 1.54) is 4.57 Å². The first-order valence-electron chi connectivity index (χ1n) is 9.05. The molecule has 1 aliphatic carbocycles. The van der Waals surface area contributed by atoms with Crippen LogP contribution in [0.15, 0.2) is 24.4 Å². The second-order valence-electron chi connectivity index (χ2n) is 7.22. The maximum absolute atomic E-state index is 12.5. The third-order valence-corrected chi connectivity index (χ3v) is 4.89. The van der Waals surface area contributed by atoms with Gasteiger partial charge in [0.05, 0.1) is 11.4 Å². The van der Waals surface area contributed by atoms with Gasteiger partial charge in [0, 0.05) is 18.1 Å². The van der Waals surface area contributed by atoms with Gasteiger partial charge in [-0.15, -0.1) is 0 Å². The lowest BCUT2D eigenvalue weighted by atomic mass is 9.86. The molecule has 0 atom stereocenters. The maximum atomic E-state index is 12.5. The van der Waals surface area contributed by atoms with Gasteiger partial charge in [-0.05, 0) is 58.0 Å². The predicted molar refractivity (Wildman–Crippen MR) is 99.1 cm³/mol. The molecule has 1 fully saturated rings. The highest BCUT2D eigenvalue weighted by atomic mass is 16.7. The van der Waals surface area contributed by atoms with Crippen molar-refractivity contribution in [1.29, 1.82) is 0 Å². The molecule has 1 aliphatic rings. The fourth-order valence-electron chi connectivity index (χ4n) is 3.08. The van der Waals surface area contributed by atoms with Crippen molar-refractivity contribution >= 4 is 23.0 Å². The van der Waals surface area contributed by atoms with Crippen LogP contribution in [0.25, 0.3) is 10.9 Å². The lowest BCUT2D eigenvalue weighted by molar-refractivity contribution is -0.159. The fourth-order valence-corrected chi connectivity index (χ4v) is 3.08. The molecule has 3 rings (SSSR count). The average molecular weight is 358 g/mol. The molecule has 0 spiro atoms. The Hall–Kier alpha value is -2.34. The normalized spacial score (nSPS) is 14.5. The number of esters is 1. The number of aryl methyl sites for hydroxylation is 1. The van der Waals surface area contributed by atoms with Crippen LogP contribution in [0.5, 0.6) is 0 Å². The number of likely N-dealkylation sites (N-methyl/N-ethyl adjacent to an activating group) is 1. The highest BCUT2D eigenvalue weighted by molar-refractivity contribution is 5.92.